The Hall–Kier alpha value is -2.17. The maximum atomic E-state index is 13.1. The number of benzene rings is 1. The first-order chi connectivity index (χ1) is 14.1. The first-order valence-corrected chi connectivity index (χ1v) is 12.6. The number of carboxylic acids is 1. The maximum Gasteiger partial charge on any atom is 0.323 e. The summed E-state index contributed by atoms with van der Waals surface area (Å²) in [5.74, 6) is 4.13. The number of carbonyl (C=O) groups is 1. The minimum absolute atomic E-state index is 0.0118. The summed E-state index contributed by atoms with van der Waals surface area (Å²) in [7, 11) is -7.90. The van der Waals surface area contributed by atoms with Gasteiger partial charge in [-0.2, -0.15) is 8.61 Å². The van der Waals surface area contributed by atoms with Crippen LogP contribution >= 0.6 is 0 Å². The van der Waals surface area contributed by atoms with Crippen molar-refractivity contribution in [2.75, 3.05) is 26.0 Å². The lowest BCUT2D eigenvalue weighted by atomic mass is 10.1. The van der Waals surface area contributed by atoms with Crippen LogP contribution in [0.2, 0.25) is 0 Å². The molecule has 1 aromatic rings. The molecule has 0 bridgehead atoms. The predicted octanol–water partition coefficient (Wildman–Crippen LogP) is -0.0527. The molecule has 0 aromatic heterocycles. The van der Waals surface area contributed by atoms with Gasteiger partial charge < -0.3 is 14.9 Å². The van der Waals surface area contributed by atoms with E-state index in [0.717, 1.165) is 14.9 Å². The zero-order valence-corrected chi connectivity index (χ0v) is 19.3. The third-order valence-electron chi connectivity index (χ3n) is 4.58. The molecule has 0 aliphatic carbocycles. The molecule has 1 aliphatic heterocycles. The second-order valence-corrected chi connectivity index (χ2v) is 11.5. The monoisotopic (exact) mass is 474 g/mol. The Balaban J connectivity index is 2.23. The summed E-state index contributed by atoms with van der Waals surface area (Å²) in [5, 5.41) is 19.1. The number of nitrogens with zero attached hydrogens (tertiary/aromatic N) is 2. The van der Waals surface area contributed by atoms with Gasteiger partial charge in [0.15, 0.2) is 0 Å². The van der Waals surface area contributed by atoms with Gasteiger partial charge in [-0.3, -0.25) is 4.79 Å². The van der Waals surface area contributed by atoms with Crippen LogP contribution in [-0.4, -0.2) is 85.3 Å². The molecule has 2 rings (SSSR count). The highest BCUT2D eigenvalue weighted by Gasteiger charge is 2.47. The second-order valence-electron chi connectivity index (χ2n) is 7.63. The van der Waals surface area contributed by atoms with Crippen LogP contribution in [0.4, 0.5) is 0 Å². The van der Waals surface area contributed by atoms with Crippen LogP contribution in [0.1, 0.15) is 20.8 Å². The van der Waals surface area contributed by atoms with Gasteiger partial charge in [0.1, 0.15) is 24.0 Å². The number of aliphatic carboxylic acids is 1. The van der Waals surface area contributed by atoms with E-state index in [-0.39, 0.29) is 24.6 Å². The zero-order valence-electron chi connectivity index (χ0n) is 17.6. The molecular formula is C19H26N2O8S2. The largest absolute Gasteiger partial charge is 0.481 e. The molecule has 0 saturated carbocycles. The fourth-order valence-corrected chi connectivity index (χ4v) is 5.99. The molecule has 0 radical (unpaired) electrons. The van der Waals surface area contributed by atoms with E-state index in [1.165, 1.54) is 45.0 Å². The van der Waals surface area contributed by atoms with Crippen molar-refractivity contribution in [1.29, 1.82) is 0 Å². The van der Waals surface area contributed by atoms with Crippen molar-refractivity contribution in [3.05, 3.63) is 24.3 Å². The van der Waals surface area contributed by atoms with Crippen molar-refractivity contribution in [3.63, 3.8) is 0 Å². The van der Waals surface area contributed by atoms with E-state index in [1.807, 2.05) is 0 Å². The Morgan fingerprint density at radius 2 is 1.71 bits per heavy atom. The van der Waals surface area contributed by atoms with Gasteiger partial charge in [0.2, 0.25) is 20.0 Å². The van der Waals surface area contributed by atoms with Crippen molar-refractivity contribution >= 4 is 26.0 Å². The van der Waals surface area contributed by atoms with E-state index in [1.54, 1.807) is 0 Å². The first-order valence-electron chi connectivity index (χ1n) is 9.31. The fraction of sp³-hybridized carbons (Fsp3) is 0.526. The molecule has 0 spiro atoms. The third kappa shape index (κ3) is 6.18. The van der Waals surface area contributed by atoms with E-state index in [2.05, 4.69) is 11.8 Å². The smallest absolute Gasteiger partial charge is 0.323 e. The van der Waals surface area contributed by atoms with Crippen LogP contribution in [-0.2, 0) is 24.8 Å². The normalized spacial score (nSPS) is 21.2. The van der Waals surface area contributed by atoms with Crippen molar-refractivity contribution < 1.29 is 36.6 Å². The Morgan fingerprint density at radius 3 is 2.19 bits per heavy atom. The van der Waals surface area contributed by atoms with Gasteiger partial charge in [0.05, 0.1) is 11.2 Å². The van der Waals surface area contributed by atoms with Crippen LogP contribution in [0, 0.1) is 11.8 Å². The van der Waals surface area contributed by atoms with Crippen LogP contribution in [0.25, 0.3) is 0 Å². The lowest BCUT2D eigenvalue weighted by Crippen LogP contribution is -2.63. The van der Waals surface area contributed by atoms with Crippen molar-refractivity contribution in [1.82, 2.24) is 8.61 Å². The lowest BCUT2D eigenvalue weighted by molar-refractivity contribution is -0.144. The zero-order chi connectivity index (χ0) is 23.6. The SMILES string of the molecule is CC1C(C(=O)O)N(S(=O)(=O)c2ccc(OCC#CC(C)(C)O)cc2)CCN1S(C)(=O)=O. The molecule has 31 heavy (non-hydrogen) atoms. The highest BCUT2D eigenvalue weighted by Crippen LogP contribution is 2.27. The standard InChI is InChI=1S/C19H26N2O8S2/c1-14-17(18(22)23)21(12-11-20(14)30(4,25)26)31(27,28)16-8-6-15(7-9-16)29-13-5-10-19(2,3)24/h6-9,14,17,24H,11-13H2,1-4H3,(H,22,23). The van der Waals surface area contributed by atoms with E-state index < -0.39 is 43.7 Å². The summed E-state index contributed by atoms with van der Waals surface area (Å²) >= 11 is 0. The molecule has 1 saturated heterocycles. The molecule has 12 heteroatoms. The maximum absolute atomic E-state index is 13.1. The Bertz CT molecular complexity index is 1080. The molecule has 2 N–H and O–H groups in total. The van der Waals surface area contributed by atoms with Gasteiger partial charge in [-0.25, -0.2) is 16.8 Å². The number of rotatable bonds is 6. The highest BCUT2D eigenvalue weighted by molar-refractivity contribution is 7.89. The highest BCUT2D eigenvalue weighted by atomic mass is 32.2. The molecule has 172 valence electrons. The van der Waals surface area contributed by atoms with Crippen LogP contribution in [0.5, 0.6) is 5.75 Å². The quantitative estimate of drug-likeness (QED) is 0.547. The average molecular weight is 475 g/mol. The van der Waals surface area contributed by atoms with Crippen molar-refractivity contribution in [2.24, 2.45) is 0 Å². The molecule has 1 aliphatic rings. The molecule has 10 nitrogen and oxygen atoms in total. The first kappa shape index (κ1) is 25.1. The van der Waals surface area contributed by atoms with Crippen molar-refractivity contribution in [3.8, 4) is 17.6 Å². The predicted molar refractivity (Wildman–Crippen MR) is 112 cm³/mol. The molecule has 1 fully saturated rings. The molecule has 2 atom stereocenters. The summed E-state index contributed by atoms with van der Waals surface area (Å²) in [6.07, 6.45) is 0.956. The molecule has 1 heterocycles. The number of hydrogen-bond donors (Lipinski definition) is 2. The van der Waals surface area contributed by atoms with E-state index in [9.17, 15) is 31.8 Å². The van der Waals surface area contributed by atoms with Crippen molar-refractivity contribution in [2.45, 2.75) is 43.4 Å². The minimum atomic E-state index is -4.20. The summed E-state index contributed by atoms with van der Waals surface area (Å²) in [6, 6.07) is 2.73. The summed E-state index contributed by atoms with van der Waals surface area (Å²) < 4.78 is 57.2. The minimum Gasteiger partial charge on any atom is -0.481 e. The number of piperazine rings is 1. The van der Waals surface area contributed by atoms with Gasteiger partial charge >= 0.3 is 5.97 Å². The van der Waals surface area contributed by atoms with Gasteiger partial charge in [-0.05, 0) is 45.0 Å². The second kappa shape index (κ2) is 9.13. The molecule has 2 unspecified atom stereocenters. The fourth-order valence-electron chi connectivity index (χ4n) is 3.22. The Morgan fingerprint density at radius 1 is 1.16 bits per heavy atom. The summed E-state index contributed by atoms with van der Waals surface area (Å²) in [6.45, 7) is 3.97. The molecule has 1 aromatic carbocycles. The van der Waals surface area contributed by atoms with E-state index in [0.29, 0.717) is 5.75 Å². The van der Waals surface area contributed by atoms with Crippen LogP contribution in [0.3, 0.4) is 0 Å². The van der Waals surface area contributed by atoms with E-state index >= 15 is 0 Å². The number of carboxylic acid groups (broad SMARTS) is 1. The number of ether oxygens (including phenoxy) is 1. The molecular weight excluding hydrogens is 448 g/mol. The number of aliphatic hydroxyl groups is 1. The van der Waals surface area contributed by atoms with Gasteiger partial charge in [0, 0.05) is 19.1 Å². The lowest BCUT2D eigenvalue weighted by Gasteiger charge is -2.42. The van der Waals surface area contributed by atoms with Gasteiger partial charge in [0.25, 0.3) is 0 Å². The van der Waals surface area contributed by atoms with Gasteiger partial charge in [-0.15, -0.1) is 0 Å². The summed E-state index contributed by atoms with van der Waals surface area (Å²) in [4.78, 5) is 11.7. The van der Waals surface area contributed by atoms with Gasteiger partial charge in [-0.1, -0.05) is 11.8 Å². The van der Waals surface area contributed by atoms with Crippen LogP contribution < -0.4 is 4.74 Å². The Kier molecular flexibility index (Phi) is 7.39. The van der Waals surface area contributed by atoms with E-state index in [4.69, 9.17) is 4.74 Å². The third-order valence-corrected chi connectivity index (χ3v) is 7.84. The summed E-state index contributed by atoms with van der Waals surface area (Å²) in [5.41, 5.74) is -1.15. The number of hydrogen-bond acceptors (Lipinski definition) is 7. The topological polar surface area (TPSA) is 142 Å². The van der Waals surface area contributed by atoms with Crippen LogP contribution in [0.15, 0.2) is 29.2 Å². The molecule has 0 amide bonds. The average Bonchev–Trinajstić information content (AvgIpc) is 2.63. The number of sulfonamides is 2. The Labute approximate surface area is 182 Å².